The lowest BCUT2D eigenvalue weighted by molar-refractivity contribution is -0.114. The molecule has 2 aliphatic rings. The van der Waals surface area contributed by atoms with Crippen molar-refractivity contribution < 1.29 is 9.90 Å². The van der Waals surface area contributed by atoms with E-state index in [1.54, 1.807) is 0 Å². The first kappa shape index (κ1) is 19.3. The van der Waals surface area contributed by atoms with Gasteiger partial charge in [-0.15, -0.1) is 0 Å². The zero-order chi connectivity index (χ0) is 20.7. The molecule has 5 rings (SSSR count). The highest BCUT2D eigenvalue weighted by Crippen LogP contribution is 2.42. The Bertz CT molecular complexity index is 1040. The highest BCUT2D eigenvalue weighted by atomic mass is 16.3. The third-order valence-electron chi connectivity index (χ3n) is 6.68. The van der Waals surface area contributed by atoms with Crippen LogP contribution in [-0.4, -0.2) is 43.1 Å². The van der Waals surface area contributed by atoms with Crippen LogP contribution in [0.5, 0.6) is 0 Å². The lowest BCUT2D eigenvalue weighted by atomic mass is 9.85. The molecule has 0 saturated carbocycles. The minimum atomic E-state index is -0.681. The van der Waals surface area contributed by atoms with Gasteiger partial charge in [-0.3, -0.25) is 14.7 Å². The van der Waals surface area contributed by atoms with Crippen LogP contribution in [0, 0.1) is 0 Å². The van der Waals surface area contributed by atoms with E-state index in [1.165, 1.54) is 12.5 Å². The van der Waals surface area contributed by atoms with E-state index in [9.17, 15) is 9.90 Å². The van der Waals surface area contributed by atoms with Crippen LogP contribution in [0.1, 0.15) is 38.2 Å². The van der Waals surface area contributed by atoms with E-state index in [1.807, 2.05) is 30.6 Å². The molecule has 2 aromatic heterocycles. The number of aromatic nitrogens is 2. The highest BCUT2D eigenvalue weighted by molar-refractivity contribution is 5.88. The van der Waals surface area contributed by atoms with Gasteiger partial charge in [-0.2, -0.15) is 0 Å². The van der Waals surface area contributed by atoms with Crippen molar-refractivity contribution in [3.8, 4) is 0 Å². The van der Waals surface area contributed by atoms with Crippen LogP contribution in [0.4, 0.5) is 5.69 Å². The number of benzene rings is 1. The lowest BCUT2D eigenvalue weighted by Gasteiger charge is -2.44. The third kappa shape index (κ3) is 3.73. The van der Waals surface area contributed by atoms with Gasteiger partial charge in [-0.1, -0.05) is 12.1 Å². The number of nitrogens with zero attached hydrogens (tertiary/aromatic N) is 3. The van der Waals surface area contributed by atoms with Crippen LogP contribution in [-0.2, 0) is 17.9 Å². The molecule has 0 aliphatic carbocycles. The summed E-state index contributed by atoms with van der Waals surface area (Å²) in [5.41, 5.74) is 2.48. The number of rotatable bonds is 5. The second-order valence-electron chi connectivity index (χ2n) is 8.95. The Balaban J connectivity index is 1.28. The fraction of sp³-hybridized carbons (Fsp3) is 0.417. The first-order valence-electron chi connectivity index (χ1n) is 10.7. The Kier molecular flexibility index (Phi) is 4.83. The van der Waals surface area contributed by atoms with Crippen molar-refractivity contribution in [3.63, 3.8) is 0 Å². The van der Waals surface area contributed by atoms with Crippen LogP contribution >= 0.6 is 0 Å². The molecule has 2 bridgehead atoms. The monoisotopic (exact) mass is 404 g/mol. The molecule has 3 aromatic rings. The molecule has 6 nitrogen and oxygen atoms in total. The Morgan fingerprint density at radius 2 is 1.90 bits per heavy atom. The summed E-state index contributed by atoms with van der Waals surface area (Å²) in [6.07, 6.45) is 9.64. The summed E-state index contributed by atoms with van der Waals surface area (Å²) in [6.45, 7) is 3.03. The van der Waals surface area contributed by atoms with E-state index < -0.39 is 5.60 Å². The molecule has 30 heavy (non-hydrogen) atoms. The van der Waals surface area contributed by atoms with Crippen LogP contribution in [0.15, 0.2) is 55.0 Å². The van der Waals surface area contributed by atoms with Gasteiger partial charge in [0.2, 0.25) is 5.91 Å². The first-order chi connectivity index (χ1) is 14.5. The Morgan fingerprint density at radius 3 is 2.60 bits per heavy atom. The molecule has 2 saturated heterocycles. The van der Waals surface area contributed by atoms with Crippen LogP contribution in [0.2, 0.25) is 0 Å². The summed E-state index contributed by atoms with van der Waals surface area (Å²) in [6, 6.07) is 13.0. The predicted molar refractivity (Wildman–Crippen MR) is 117 cm³/mol. The molecule has 2 atom stereocenters. The molecule has 2 N–H and O–H groups in total. The van der Waals surface area contributed by atoms with Crippen molar-refractivity contribution in [1.82, 2.24) is 14.5 Å². The minimum Gasteiger partial charge on any atom is -0.388 e. The van der Waals surface area contributed by atoms with E-state index in [-0.39, 0.29) is 5.91 Å². The molecule has 2 unspecified atom stereocenters. The second-order valence-corrected chi connectivity index (χ2v) is 8.95. The van der Waals surface area contributed by atoms with Crippen molar-refractivity contribution in [2.75, 3.05) is 5.32 Å². The molecule has 0 radical (unpaired) electrons. The fourth-order valence-electron chi connectivity index (χ4n) is 5.39. The van der Waals surface area contributed by atoms with E-state index in [4.69, 9.17) is 0 Å². The molecular formula is C24H28N4O2. The van der Waals surface area contributed by atoms with Gasteiger partial charge in [-0.25, -0.2) is 0 Å². The Hall–Kier alpha value is -2.70. The summed E-state index contributed by atoms with van der Waals surface area (Å²) < 4.78 is 2.15. The van der Waals surface area contributed by atoms with Gasteiger partial charge in [-0.05, 0) is 55.5 Å². The van der Waals surface area contributed by atoms with Crippen molar-refractivity contribution >= 4 is 22.5 Å². The molecule has 2 fully saturated rings. The topological polar surface area (TPSA) is 70.4 Å². The molecule has 1 amide bonds. The number of amides is 1. The number of pyridine rings is 1. The summed E-state index contributed by atoms with van der Waals surface area (Å²) in [7, 11) is 0. The smallest absolute Gasteiger partial charge is 0.221 e. The zero-order valence-corrected chi connectivity index (χ0v) is 17.3. The quantitative estimate of drug-likeness (QED) is 0.682. The average Bonchev–Trinajstić information content (AvgIpc) is 3.22. The molecule has 0 spiro atoms. The number of carbonyl (C=O) groups excluding carboxylic acids is 1. The van der Waals surface area contributed by atoms with E-state index in [0.29, 0.717) is 18.6 Å². The average molecular weight is 405 g/mol. The predicted octanol–water partition coefficient (Wildman–Crippen LogP) is 3.55. The number of piperidine rings is 1. The Labute approximate surface area is 176 Å². The van der Waals surface area contributed by atoms with Gasteiger partial charge >= 0.3 is 0 Å². The zero-order valence-electron chi connectivity index (χ0n) is 17.3. The molecule has 4 heterocycles. The van der Waals surface area contributed by atoms with Crippen LogP contribution in [0.25, 0.3) is 10.9 Å². The molecular weight excluding hydrogens is 376 g/mol. The summed E-state index contributed by atoms with van der Waals surface area (Å²) in [5, 5.41) is 15.5. The standard InChI is InChI=1S/C24H28N4O2/c1-17(29)26-20-4-2-18(3-5-20)15-28-21-6-7-22(28)13-24(30,12-21)16-27-11-9-19-8-10-25-14-23(19)27/h2-5,8-11,14,21-22,30H,6-7,12-13,15-16H2,1H3,(H,26,29). The molecule has 1 aromatic carbocycles. The van der Waals surface area contributed by atoms with E-state index in [0.717, 1.165) is 48.8 Å². The maximum absolute atomic E-state index is 11.5. The van der Waals surface area contributed by atoms with Crippen LogP contribution in [0.3, 0.4) is 0 Å². The van der Waals surface area contributed by atoms with Gasteiger partial charge in [0.05, 0.1) is 23.9 Å². The number of fused-ring (bicyclic) bond motifs is 3. The second kappa shape index (κ2) is 7.52. The van der Waals surface area contributed by atoms with Crippen molar-refractivity contribution in [2.45, 2.75) is 63.4 Å². The summed E-state index contributed by atoms with van der Waals surface area (Å²) in [4.78, 5) is 18.0. The number of hydrogen-bond donors (Lipinski definition) is 2. The molecule has 2 aliphatic heterocycles. The SMILES string of the molecule is CC(=O)Nc1ccc(CN2C3CCC2CC(O)(Cn2ccc4ccncc42)C3)cc1. The summed E-state index contributed by atoms with van der Waals surface area (Å²) in [5.74, 6) is -0.0534. The maximum atomic E-state index is 11.5. The van der Waals surface area contributed by atoms with Crippen molar-refractivity contribution in [1.29, 1.82) is 0 Å². The largest absolute Gasteiger partial charge is 0.388 e. The number of nitrogens with one attached hydrogen (secondary N) is 1. The summed E-state index contributed by atoms with van der Waals surface area (Å²) >= 11 is 0. The van der Waals surface area contributed by atoms with Crippen molar-refractivity contribution in [2.24, 2.45) is 0 Å². The lowest BCUT2D eigenvalue weighted by Crippen LogP contribution is -2.52. The number of anilines is 1. The Morgan fingerprint density at radius 1 is 1.17 bits per heavy atom. The van der Waals surface area contributed by atoms with E-state index in [2.05, 4.69) is 44.2 Å². The van der Waals surface area contributed by atoms with Gasteiger partial charge in [0.1, 0.15) is 0 Å². The number of aliphatic hydroxyl groups is 1. The normalized spacial score (nSPS) is 26.2. The van der Waals surface area contributed by atoms with Crippen LogP contribution < -0.4 is 5.32 Å². The minimum absolute atomic E-state index is 0.0534. The van der Waals surface area contributed by atoms with Gasteiger partial charge in [0.15, 0.2) is 0 Å². The van der Waals surface area contributed by atoms with Gasteiger partial charge in [0, 0.05) is 49.0 Å². The van der Waals surface area contributed by atoms with Gasteiger partial charge < -0.3 is 15.0 Å². The first-order valence-corrected chi connectivity index (χ1v) is 10.7. The molecule has 156 valence electrons. The van der Waals surface area contributed by atoms with Gasteiger partial charge in [0.25, 0.3) is 0 Å². The highest BCUT2D eigenvalue weighted by Gasteiger charge is 2.47. The maximum Gasteiger partial charge on any atom is 0.221 e. The van der Waals surface area contributed by atoms with Crippen molar-refractivity contribution in [3.05, 3.63) is 60.6 Å². The fourth-order valence-corrected chi connectivity index (χ4v) is 5.39. The van der Waals surface area contributed by atoms with E-state index >= 15 is 0 Å². The number of carbonyl (C=O) groups is 1. The number of hydrogen-bond acceptors (Lipinski definition) is 4. The molecule has 6 heteroatoms. The third-order valence-corrected chi connectivity index (χ3v) is 6.68.